The molecule has 1 aromatic rings. The number of carbonyl (C=O) groups excluding carboxylic acids is 4. The molecule has 8 nitrogen and oxygen atoms in total. The van der Waals surface area contributed by atoms with Crippen LogP contribution < -0.4 is 10.6 Å². The largest absolute Gasteiger partial charge is 0.462 e. The van der Waals surface area contributed by atoms with Crippen molar-refractivity contribution in [3.8, 4) is 0 Å². The number of hydrogen-bond donors (Lipinski definition) is 2. The highest BCUT2D eigenvalue weighted by molar-refractivity contribution is 7.17. The molecule has 9 heteroatoms. The molecule has 2 N–H and O–H groups in total. The lowest BCUT2D eigenvalue weighted by atomic mass is 9.81. The maximum absolute atomic E-state index is 12.7. The Morgan fingerprint density at radius 2 is 1.79 bits per heavy atom. The number of nitrogens with zero attached hydrogens (tertiary/aromatic N) is 1. The van der Waals surface area contributed by atoms with Crippen molar-refractivity contribution in [2.75, 3.05) is 18.5 Å². The van der Waals surface area contributed by atoms with Crippen molar-refractivity contribution in [3.63, 3.8) is 0 Å². The Balaban J connectivity index is 1.95. The first-order valence-electron chi connectivity index (χ1n) is 9.71. The van der Waals surface area contributed by atoms with Gasteiger partial charge in [0.05, 0.1) is 12.2 Å². The molecule has 1 aromatic heterocycles. The molecule has 3 amide bonds. The zero-order chi connectivity index (χ0) is 21.6. The van der Waals surface area contributed by atoms with Crippen LogP contribution in [0, 0.1) is 0 Å². The molecule has 0 spiro atoms. The maximum Gasteiger partial charge on any atom is 0.341 e. The normalized spacial score (nSPS) is 19.8. The van der Waals surface area contributed by atoms with E-state index < -0.39 is 17.4 Å². The molecule has 158 valence electrons. The van der Waals surface area contributed by atoms with Gasteiger partial charge in [-0.3, -0.25) is 19.3 Å². The fourth-order valence-electron chi connectivity index (χ4n) is 4.14. The average Bonchev–Trinajstić information content (AvgIpc) is 3.08. The number of thiophene rings is 1. The van der Waals surface area contributed by atoms with E-state index in [1.165, 1.54) is 11.3 Å². The van der Waals surface area contributed by atoms with Gasteiger partial charge in [-0.2, -0.15) is 0 Å². The standard InChI is InChI=1S/C20H27N3O5S/c1-6-28-18(27)15-11-9-19(2,3)22-20(4,5)16(11)29-17(15)21-12(24)10-23-13(25)7-8-14(23)26/h22H,6-10H2,1-5H3,(H,21,24). The summed E-state index contributed by atoms with van der Waals surface area (Å²) in [4.78, 5) is 50.8. The van der Waals surface area contributed by atoms with Crippen LogP contribution in [0.4, 0.5) is 5.00 Å². The number of anilines is 1. The van der Waals surface area contributed by atoms with Gasteiger partial charge in [-0.05, 0) is 46.6 Å². The molecule has 2 aliphatic rings. The Morgan fingerprint density at radius 1 is 1.17 bits per heavy atom. The van der Waals surface area contributed by atoms with Gasteiger partial charge in [0, 0.05) is 28.8 Å². The lowest BCUT2D eigenvalue weighted by Gasteiger charge is -2.42. The maximum atomic E-state index is 12.7. The third kappa shape index (κ3) is 4.20. The second-order valence-electron chi connectivity index (χ2n) is 8.57. The Bertz CT molecular complexity index is 871. The number of carbonyl (C=O) groups is 4. The van der Waals surface area contributed by atoms with Crippen molar-refractivity contribution >= 4 is 40.0 Å². The summed E-state index contributed by atoms with van der Waals surface area (Å²) in [7, 11) is 0. The van der Waals surface area contributed by atoms with Crippen LogP contribution in [0.15, 0.2) is 0 Å². The summed E-state index contributed by atoms with van der Waals surface area (Å²) in [6.07, 6.45) is 0.861. The highest BCUT2D eigenvalue weighted by Gasteiger charge is 2.42. The van der Waals surface area contributed by atoms with Crippen LogP contribution >= 0.6 is 11.3 Å². The monoisotopic (exact) mass is 421 g/mol. The minimum absolute atomic E-state index is 0.127. The second kappa shape index (κ2) is 7.53. The smallest absolute Gasteiger partial charge is 0.341 e. The highest BCUT2D eigenvalue weighted by Crippen LogP contribution is 2.45. The third-order valence-corrected chi connectivity index (χ3v) is 6.50. The molecule has 29 heavy (non-hydrogen) atoms. The Kier molecular flexibility index (Phi) is 5.57. The number of nitrogens with one attached hydrogen (secondary N) is 2. The molecule has 0 bridgehead atoms. The van der Waals surface area contributed by atoms with Crippen molar-refractivity contribution in [2.24, 2.45) is 0 Å². The number of amides is 3. The first-order valence-corrected chi connectivity index (χ1v) is 10.5. The molecule has 0 radical (unpaired) electrons. The minimum Gasteiger partial charge on any atom is -0.462 e. The molecule has 0 aliphatic carbocycles. The molecule has 0 atom stereocenters. The van der Waals surface area contributed by atoms with Crippen LogP contribution in [-0.4, -0.2) is 47.3 Å². The minimum atomic E-state index is -0.511. The molecular formula is C20H27N3O5S. The number of esters is 1. The van der Waals surface area contributed by atoms with Gasteiger partial charge < -0.3 is 15.4 Å². The van der Waals surface area contributed by atoms with Gasteiger partial charge >= 0.3 is 5.97 Å². The van der Waals surface area contributed by atoms with Crippen molar-refractivity contribution < 1.29 is 23.9 Å². The fraction of sp³-hybridized carbons (Fsp3) is 0.600. The SMILES string of the molecule is CCOC(=O)c1c(NC(=O)CN2C(=O)CCC2=O)sc2c1CC(C)(C)NC2(C)C. The number of fused-ring (bicyclic) bond motifs is 1. The van der Waals surface area contributed by atoms with E-state index in [1.807, 2.05) is 13.8 Å². The molecule has 1 fully saturated rings. The van der Waals surface area contributed by atoms with Crippen LogP contribution in [0.2, 0.25) is 0 Å². The zero-order valence-corrected chi connectivity index (χ0v) is 18.2. The number of rotatable bonds is 5. The van der Waals surface area contributed by atoms with E-state index in [4.69, 9.17) is 4.74 Å². The van der Waals surface area contributed by atoms with Crippen LogP contribution in [0.3, 0.4) is 0 Å². The number of ether oxygens (including phenoxy) is 1. The molecule has 0 aromatic carbocycles. The number of hydrogen-bond acceptors (Lipinski definition) is 7. The third-order valence-electron chi connectivity index (χ3n) is 5.03. The summed E-state index contributed by atoms with van der Waals surface area (Å²) in [6.45, 7) is 9.79. The van der Waals surface area contributed by atoms with E-state index in [1.54, 1.807) is 6.92 Å². The van der Waals surface area contributed by atoms with E-state index in [-0.39, 0.29) is 43.3 Å². The summed E-state index contributed by atoms with van der Waals surface area (Å²) in [5.74, 6) is -1.70. The van der Waals surface area contributed by atoms with Crippen molar-refractivity contribution in [2.45, 2.75) is 65.0 Å². The Hall–Kier alpha value is -2.26. The molecule has 3 heterocycles. The second-order valence-corrected chi connectivity index (χ2v) is 9.59. The van der Waals surface area contributed by atoms with Crippen LogP contribution in [0.5, 0.6) is 0 Å². The lowest BCUT2D eigenvalue weighted by Crippen LogP contribution is -2.55. The van der Waals surface area contributed by atoms with E-state index >= 15 is 0 Å². The van der Waals surface area contributed by atoms with Crippen LogP contribution in [0.1, 0.15) is 68.3 Å². The zero-order valence-electron chi connectivity index (χ0n) is 17.4. The average molecular weight is 422 g/mol. The van der Waals surface area contributed by atoms with E-state index in [0.717, 1.165) is 15.3 Å². The van der Waals surface area contributed by atoms with Gasteiger partial charge in [-0.1, -0.05) is 0 Å². The van der Waals surface area contributed by atoms with Gasteiger partial charge in [0.2, 0.25) is 17.7 Å². The first-order chi connectivity index (χ1) is 13.4. The molecular weight excluding hydrogens is 394 g/mol. The first kappa shape index (κ1) is 21.4. The van der Waals surface area contributed by atoms with E-state index in [0.29, 0.717) is 17.0 Å². The summed E-state index contributed by atoms with van der Waals surface area (Å²) in [5.41, 5.74) is 0.592. The van der Waals surface area contributed by atoms with Gasteiger partial charge in [-0.25, -0.2) is 4.79 Å². The lowest BCUT2D eigenvalue weighted by molar-refractivity contribution is -0.141. The summed E-state index contributed by atoms with van der Waals surface area (Å²) in [6, 6.07) is 0. The van der Waals surface area contributed by atoms with Crippen molar-refractivity contribution in [1.29, 1.82) is 0 Å². The van der Waals surface area contributed by atoms with E-state index in [9.17, 15) is 19.2 Å². The number of imide groups is 1. The van der Waals surface area contributed by atoms with Gasteiger partial charge in [-0.15, -0.1) is 11.3 Å². The predicted molar refractivity (Wildman–Crippen MR) is 109 cm³/mol. The summed E-state index contributed by atoms with van der Waals surface area (Å²) >= 11 is 1.33. The van der Waals surface area contributed by atoms with Gasteiger partial charge in [0.15, 0.2) is 0 Å². The van der Waals surface area contributed by atoms with Crippen LogP contribution in [-0.2, 0) is 31.1 Å². The Morgan fingerprint density at radius 3 is 2.38 bits per heavy atom. The molecule has 3 rings (SSSR count). The highest BCUT2D eigenvalue weighted by atomic mass is 32.1. The van der Waals surface area contributed by atoms with E-state index in [2.05, 4.69) is 24.5 Å². The Labute approximate surface area is 174 Å². The summed E-state index contributed by atoms with van der Waals surface area (Å²) < 4.78 is 5.26. The summed E-state index contributed by atoms with van der Waals surface area (Å²) in [5, 5.41) is 6.71. The molecule has 0 saturated carbocycles. The van der Waals surface area contributed by atoms with Gasteiger partial charge in [0.1, 0.15) is 11.5 Å². The fourth-order valence-corrected chi connectivity index (χ4v) is 5.42. The van der Waals surface area contributed by atoms with Gasteiger partial charge in [0.25, 0.3) is 0 Å². The molecule has 1 saturated heterocycles. The van der Waals surface area contributed by atoms with Crippen LogP contribution in [0.25, 0.3) is 0 Å². The van der Waals surface area contributed by atoms with Crippen molar-refractivity contribution in [3.05, 3.63) is 16.0 Å². The van der Waals surface area contributed by atoms with Crippen molar-refractivity contribution in [1.82, 2.24) is 10.2 Å². The molecule has 2 aliphatic heterocycles. The predicted octanol–water partition coefficient (Wildman–Crippen LogP) is 2.17. The quantitative estimate of drug-likeness (QED) is 0.558. The number of likely N-dealkylation sites (tertiary alicyclic amines) is 1. The molecule has 0 unspecified atom stereocenters. The topological polar surface area (TPSA) is 105 Å².